The highest BCUT2D eigenvalue weighted by atomic mass is 15.1. The SMILES string of the molecule is CCN(CC(C)C)c1ccc(C)cc1CC(C)N. The largest absolute Gasteiger partial charge is 0.371 e. The summed E-state index contributed by atoms with van der Waals surface area (Å²) in [5.41, 5.74) is 10.0. The quantitative estimate of drug-likeness (QED) is 0.836. The van der Waals surface area contributed by atoms with Gasteiger partial charge >= 0.3 is 0 Å². The van der Waals surface area contributed by atoms with Crippen LogP contribution in [-0.4, -0.2) is 19.1 Å². The fourth-order valence-corrected chi connectivity index (χ4v) is 2.37. The van der Waals surface area contributed by atoms with E-state index in [0.717, 1.165) is 19.5 Å². The van der Waals surface area contributed by atoms with Crippen LogP contribution in [0.5, 0.6) is 0 Å². The number of benzene rings is 1. The smallest absolute Gasteiger partial charge is 0.0399 e. The Kier molecular flexibility index (Phi) is 5.67. The molecule has 1 rings (SSSR count). The van der Waals surface area contributed by atoms with Crippen molar-refractivity contribution < 1.29 is 0 Å². The molecule has 1 atom stereocenters. The van der Waals surface area contributed by atoms with Gasteiger partial charge in [-0.3, -0.25) is 0 Å². The van der Waals surface area contributed by atoms with Crippen LogP contribution in [0.25, 0.3) is 0 Å². The molecule has 18 heavy (non-hydrogen) atoms. The van der Waals surface area contributed by atoms with Gasteiger partial charge in [-0.1, -0.05) is 31.5 Å². The summed E-state index contributed by atoms with van der Waals surface area (Å²) in [6.45, 7) is 13.1. The van der Waals surface area contributed by atoms with Crippen LogP contribution >= 0.6 is 0 Å². The molecule has 1 unspecified atom stereocenters. The van der Waals surface area contributed by atoms with Crippen molar-refractivity contribution in [1.82, 2.24) is 0 Å². The molecule has 2 heteroatoms. The molecule has 0 bridgehead atoms. The summed E-state index contributed by atoms with van der Waals surface area (Å²) in [4.78, 5) is 2.46. The lowest BCUT2D eigenvalue weighted by molar-refractivity contribution is 0.615. The first-order valence-electron chi connectivity index (χ1n) is 7.04. The standard InChI is InChI=1S/C16H28N2/c1-6-18(11-12(2)3)16-8-7-13(4)9-15(16)10-14(5)17/h7-9,12,14H,6,10-11,17H2,1-5H3. The first-order chi connectivity index (χ1) is 8.43. The number of nitrogens with zero attached hydrogens (tertiary/aromatic N) is 1. The number of rotatable bonds is 6. The van der Waals surface area contributed by atoms with E-state index >= 15 is 0 Å². The van der Waals surface area contributed by atoms with Gasteiger partial charge in [0.2, 0.25) is 0 Å². The Hall–Kier alpha value is -1.02. The van der Waals surface area contributed by atoms with Gasteiger partial charge in [0.05, 0.1) is 0 Å². The zero-order valence-electron chi connectivity index (χ0n) is 12.5. The number of hydrogen-bond acceptors (Lipinski definition) is 2. The molecule has 102 valence electrons. The average molecular weight is 248 g/mol. The molecular weight excluding hydrogens is 220 g/mol. The highest BCUT2D eigenvalue weighted by Crippen LogP contribution is 2.24. The van der Waals surface area contributed by atoms with Crippen LogP contribution in [0.2, 0.25) is 0 Å². The first kappa shape index (κ1) is 15.0. The van der Waals surface area contributed by atoms with E-state index in [1.165, 1.54) is 16.8 Å². The molecule has 1 aromatic carbocycles. The van der Waals surface area contributed by atoms with Gasteiger partial charge in [0.15, 0.2) is 0 Å². The third-order valence-corrected chi connectivity index (χ3v) is 3.08. The van der Waals surface area contributed by atoms with Crippen molar-refractivity contribution >= 4 is 5.69 Å². The molecular formula is C16H28N2. The fraction of sp³-hybridized carbons (Fsp3) is 0.625. The van der Waals surface area contributed by atoms with E-state index in [-0.39, 0.29) is 6.04 Å². The Balaban J connectivity index is 3.04. The zero-order chi connectivity index (χ0) is 13.7. The van der Waals surface area contributed by atoms with Crippen LogP contribution in [0.3, 0.4) is 0 Å². The number of anilines is 1. The summed E-state index contributed by atoms with van der Waals surface area (Å²) in [6, 6.07) is 6.94. The monoisotopic (exact) mass is 248 g/mol. The maximum Gasteiger partial charge on any atom is 0.0399 e. The van der Waals surface area contributed by atoms with Crippen LogP contribution in [0.15, 0.2) is 18.2 Å². The third kappa shape index (κ3) is 4.34. The van der Waals surface area contributed by atoms with Crippen molar-refractivity contribution in [2.24, 2.45) is 11.7 Å². The molecule has 0 fully saturated rings. The van der Waals surface area contributed by atoms with Crippen molar-refractivity contribution in [3.8, 4) is 0 Å². The van der Waals surface area contributed by atoms with Gasteiger partial charge in [-0.2, -0.15) is 0 Å². The summed E-state index contributed by atoms with van der Waals surface area (Å²) in [5.74, 6) is 0.675. The summed E-state index contributed by atoms with van der Waals surface area (Å²) in [6.07, 6.45) is 0.950. The number of aryl methyl sites for hydroxylation is 1. The molecule has 1 aromatic rings. The van der Waals surface area contributed by atoms with Gasteiger partial charge in [-0.25, -0.2) is 0 Å². The molecule has 0 saturated carbocycles. The van der Waals surface area contributed by atoms with Crippen LogP contribution in [-0.2, 0) is 6.42 Å². The van der Waals surface area contributed by atoms with E-state index in [1.807, 2.05) is 0 Å². The third-order valence-electron chi connectivity index (χ3n) is 3.08. The Bertz CT molecular complexity index is 369. The van der Waals surface area contributed by atoms with Gasteiger partial charge in [-0.05, 0) is 44.7 Å². The van der Waals surface area contributed by atoms with Crippen molar-refractivity contribution in [1.29, 1.82) is 0 Å². The Morgan fingerprint density at radius 2 is 1.89 bits per heavy atom. The molecule has 2 nitrogen and oxygen atoms in total. The fourth-order valence-electron chi connectivity index (χ4n) is 2.37. The van der Waals surface area contributed by atoms with Gasteiger partial charge in [0.1, 0.15) is 0 Å². The minimum Gasteiger partial charge on any atom is -0.371 e. The van der Waals surface area contributed by atoms with Crippen molar-refractivity contribution in [2.75, 3.05) is 18.0 Å². The maximum atomic E-state index is 5.97. The molecule has 0 radical (unpaired) electrons. The topological polar surface area (TPSA) is 29.3 Å². The van der Waals surface area contributed by atoms with Crippen molar-refractivity contribution in [3.05, 3.63) is 29.3 Å². The van der Waals surface area contributed by atoms with Crippen LogP contribution in [0, 0.1) is 12.8 Å². The zero-order valence-corrected chi connectivity index (χ0v) is 12.5. The lowest BCUT2D eigenvalue weighted by Gasteiger charge is -2.28. The first-order valence-corrected chi connectivity index (χ1v) is 7.04. The molecule has 0 aliphatic heterocycles. The van der Waals surface area contributed by atoms with Gasteiger partial charge in [0.25, 0.3) is 0 Å². The van der Waals surface area contributed by atoms with E-state index in [0.29, 0.717) is 5.92 Å². The molecule has 0 spiro atoms. The molecule has 0 heterocycles. The molecule has 2 N–H and O–H groups in total. The van der Waals surface area contributed by atoms with Crippen molar-refractivity contribution in [2.45, 2.75) is 47.1 Å². The van der Waals surface area contributed by atoms with E-state index in [4.69, 9.17) is 5.73 Å². The van der Waals surface area contributed by atoms with Gasteiger partial charge < -0.3 is 10.6 Å². The second-order valence-electron chi connectivity index (χ2n) is 5.75. The molecule has 0 aliphatic carbocycles. The Morgan fingerprint density at radius 1 is 1.22 bits per heavy atom. The average Bonchev–Trinajstić information content (AvgIpc) is 2.25. The van der Waals surface area contributed by atoms with Crippen molar-refractivity contribution in [3.63, 3.8) is 0 Å². The predicted molar refractivity (Wildman–Crippen MR) is 81.3 cm³/mol. The summed E-state index contributed by atoms with van der Waals surface area (Å²) in [5, 5.41) is 0. The summed E-state index contributed by atoms with van der Waals surface area (Å²) in [7, 11) is 0. The second kappa shape index (κ2) is 6.79. The molecule has 0 amide bonds. The molecule has 0 saturated heterocycles. The minimum absolute atomic E-state index is 0.211. The highest BCUT2D eigenvalue weighted by Gasteiger charge is 2.12. The lowest BCUT2D eigenvalue weighted by atomic mass is 10.0. The molecule has 0 aromatic heterocycles. The Morgan fingerprint density at radius 3 is 2.39 bits per heavy atom. The summed E-state index contributed by atoms with van der Waals surface area (Å²) < 4.78 is 0. The normalized spacial score (nSPS) is 12.8. The van der Waals surface area contributed by atoms with Gasteiger partial charge in [-0.15, -0.1) is 0 Å². The Labute approximate surface area is 112 Å². The number of hydrogen-bond donors (Lipinski definition) is 1. The molecule has 0 aliphatic rings. The van der Waals surface area contributed by atoms with Crippen LogP contribution < -0.4 is 10.6 Å². The van der Waals surface area contributed by atoms with Crippen LogP contribution in [0.4, 0.5) is 5.69 Å². The highest BCUT2D eigenvalue weighted by molar-refractivity contribution is 5.55. The predicted octanol–water partition coefficient (Wildman–Crippen LogP) is 3.37. The number of nitrogens with two attached hydrogens (primary N) is 1. The van der Waals surface area contributed by atoms with E-state index in [9.17, 15) is 0 Å². The minimum atomic E-state index is 0.211. The second-order valence-corrected chi connectivity index (χ2v) is 5.75. The lowest BCUT2D eigenvalue weighted by Crippen LogP contribution is -2.29. The van der Waals surface area contributed by atoms with Gasteiger partial charge in [0, 0.05) is 24.8 Å². The maximum absolute atomic E-state index is 5.97. The van der Waals surface area contributed by atoms with E-state index in [2.05, 4.69) is 57.7 Å². The van der Waals surface area contributed by atoms with E-state index < -0.39 is 0 Å². The summed E-state index contributed by atoms with van der Waals surface area (Å²) >= 11 is 0. The van der Waals surface area contributed by atoms with E-state index in [1.54, 1.807) is 0 Å². The van der Waals surface area contributed by atoms with Crippen LogP contribution in [0.1, 0.15) is 38.8 Å².